The van der Waals surface area contributed by atoms with Crippen molar-refractivity contribution in [2.45, 2.75) is 19.4 Å². The van der Waals surface area contributed by atoms with E-state index in [1.165, 1.54) is 23.5 Å². The van der Waals surface area contributed by atoms with Crippen LogP contribution in [0.2, 0.25) is 0 Å². The second-order valence-electron chi connectivity index (χ2n) is 4.63. The molecular formula is C14H21NOS. The Morgan fingerprint density at radius 1 is 1.41 bits per heavy atom. The molecule has 0 aliphatic carbocycles. The molecule has 1 heterocycles. The van der Waals surface area contributed by atoms with Gasteiger partial charge in [0, 0.05) is 6.04 Å². The Labute approximate surface area is 108 Å². The Balaban J connectivity index is 1.83. The first kappa shape index (κ1) is 12.8. The van der Waals surface area contributed by atoms with Crippen molar-refractivity contribution in [1.82, 2.24) is 5.32 Å². The van der Waals surface area contributed by atoms with Crippen LogP contribution in [0.25, 0.3) is 0 Å². The number of methoxy groups -OCH3 is 1. The zero-order valence-corrected chi connectivity index (χ0v) is 11.4. The molecule has 1 aromatic rings. The predicted octanol–water partition coefficient (Wildman–Crippen LogP) is 3.10. The second kappa shape index (κ2) is 6.31. The highest BCUT2D eigenvalue weighted by Gasteiger charge is 2.16. The van der Waals surface area contributed by atoms with Crippen molar-refractivity contribution in [3.05, 3.63) is 29.8 Å². The van der Waals surface area contributed by atoms with Crippen molar-refractivity contribution >= 4 is 11.8 Å². The summed E-state index contributed by atoms with van der Waals surface area (Å²) in [7, 11) is 1.70. The Kier molecular flexibility index (Phi) is 4.75. The third-order valence-corrected chi connectivity index (χ3v) is 4.58. The van der Waals surface area contributed by atoms with E-state index >= 15 is 0 Å². The summed E-state index contributed by atoms with van der Waals surface area (Å²) in [6.45, 7) is 3.37. The van der Waals surface area contributed by atoms with E-state index in [1.54, 1.807) is 7.11 Å². The molecule has 17 heavy (non-hydrogen) atoms. The third-order valence-electron chi connectivity index (χ3n) is 3.35. The lowest BCUT2D eigenvalue weighted by molar-refractivity contribution is 0.414. The molecule has 1 N–H and O–H groups in total. The minimum Gasteiger partial charge on any atom is -0.497 e. The molecule has 0 amide bonds. The van der Waals surface area contributed by atoms with Gasteiger partial charge in [-0.3, -0.25) is 0 Å². The van der Waals surface area contributed by atoms with Crippen molar-refractivity contribution in [3.8, 4) is 5.75 Å². The molecule has 3 heteroatoms. The van der Waals surface area contributed by atoms with Crippen LogP contribution in [-0.4, -0.2) is 25.2 Å². The minimum atomic E-state index is 0.423. The number of thioether (sulfide) groups is 1. The summed E-state index contributed by atoms with van der Waals surface area (Å²) in [5.74, 6) is 4.44. The molecule has 1 unspecified atom stereocenters. The van der Waals surface area contributed by atoms with E-state index < -0.39 is 0 Å². The fourth-order valence-electron chi connectivity index (χ4n) is 2.10. The topological polar surface area (TPSA) is 21.3 Å². The molecule has 0 saturated carbocycles. The van der Waals surface area contributed by atoms with Gasteiger partial charge in [0.15, 0.2) is 0 Å². The van der Waals surface area contributed by atoms with Crippen LogP contribution in [0.1, 0.15) is 24.9 Å². The maximum Gasteiger partial charge on any atom is 0.118 e. The molecule has 0 aromatic heterocycles. The van der Waals surface area contributed by atoms with Gasteiger partial charge in [-0.15, -0.1) is 0 Å². The molecule has 0 bridgehead atoms. The molecule has 1 aliphatic rings. The van der Waals surface area contributed by atoms with Crippen LogP contribution >= 0.6 is 11.8 Å². The van der Waals surface area contributed by atoms with Gasteiger partial charge in [0.05, 0.1) is 7.11 Å². The Bertz CT molecular complexity index is 333. The van der Waals surface area contributed by atoms with E-state index in [4.69, 9.17) is 4.74 Å². The fraction of sp³-hybridized carbons (Fsp3) is 0.571. The van der Waals surface area contributed by atoms with Crippen LogP contribution in [0, 0.1) is 5.92 Å². The summed E-state index contributed by atoms with van der Waals surface area (Å²) in [5.41, 5.74) is 1.33. The normalized spacial score (nSPS) is 21.4. The van der Waals surface area contributed by atoms with Gasteiger partial charge in [0.2, 0.25) is 0 Å². The molecule has 1 aliphatic heterocycles. The first-order chi connectivity index (χ1) is 8.29. The average molecular weight is 251 g/mol. The summed E-state index contributed by atoms with van der Waals surface area (Å²) in [6, 6.07) is 8.75. The minimum absolute atomic E-state index is 0.423. The number of nitrogens with one attached hydrogen (secondary N) is 1. The maximum atomic E-state index is 5.17. The fourth-order valence-corrected chi connectivity index (χ4v) is 3.38. The number of ether oxygens (including phenoxy) is 1. The van der Waals surface area contributed by atoms with Gasteiger partial charge in [-0.25, -0.2) is 0 Å². The largest absolute Gasteiger partial charge is 0.497 e. The molecule has 2 rings (SSSR count). The third kappa shape index (κ3) is 3.65. The van der Waals surface area contributed by atoms with Gasteiger partial charge in [-0.05, 0) is 55.0 Å². The Morgan fingerprint density at radius 3 is 2.76 bits per heavy atom. The SMILES string of the molecule is COc1ccc([C@H](C)NCC2CCSC2)cc1. The zero-order chi connectivity index (χ0) is 12.1. The highest BCUT2D eigenvalue weighted by atomic mass is 32.2. The lowest BCUT2D eigenvalue weighted by Crippen LogP contribution is -2.25. The van der Waals surface area contributed by atoms with Crippen molar-refractivity contribution in [1.29, 1.82) is 0 Å². The van der Waals surface area contributed by atoms with Gasteiger partial charge in [0.25, 0.3) is 0 Å². The molecule has 1 aromatic carbocycles. The smallest absolute Gasteiger partial charge is 0.118 e. The van der Waals surface area contributed by atoms with Crippen LogP contribution in [0.4, 0.5) is 0 Å². The Hall–Kier alpha value is -0.670. The quantitative estimate of drug-likeness (QED) is 0.869. The summed E-state index contributed by atoms with van der Waals surface area (Å²) in [5, 5.41) is 3.62. The van der Waals surface area contributed by atoms with Crippen LogP contribution < -0.4 is 10.1 Å². The lowest BCUT2D eigenvalue weighted by atomic mass is 10.1. The molecule has 94 valence electrons. The first-order valence-corrected chi connectivity index (χ1v) is 7.40. The van der Waals surface area contributed by atoms with E-state index in [0.29, 0.717) is 6.04 Å². The zero-order valence-electron chi connectivity index (χ0n) is 10.6. The van der Waals surface area contributed by atoms with Gasteiger partial charge < -0.3 is 10.1 Å². The number of rotatable bonds is 5. The maximum absolute atomic E-state index is 5.17. The first-order valence-electron chi connectivity index (χ1n) is 6.24. The van der Waals surface area contributed by atoms with Crippen LogP contribution in [0.3, 0.4) is 0 Å². The molecule has 2 atom stereocenters. The van der Waals surface area contributed by atoms with Gasteiger partial charge in [-0.1, -0.05) is 12.1 Å². The van der Waals surface area contributed by atoms with Crippen LogP contribution in [-0.2, 0) is 0 Å². The summed E-state index contributed by atoms with van der Waals surface area (Å²) in [6.07, 6.45) is 1.37. The van der Waals surface area contributed by atoms with Gasteiger partial charge >= 0.3 is 0 Å². The Morgan fingerprint density at radius 2 is 2.18 bits per heavy atom. The highest BCUT2D eigenvalue weighted by molar-refractivity contribution is 7.99. The van der Waals surface area contributed by atoms with E-state index in [-0.39, 0.29) is 0 Å². The monoisotopic (exact) mass is 251 g/mol. The predicted molar refractivity (Wildman–Crippen MR) is 74.8 cm³/mol. The van der Waals surface area contributed by atoms with E-state index in [0.717, 1.165) is 18.2 Å². The number of benzene rings is 1. The molecule has 1 saturated heterocycles. The summed E-state index contributed by atoms with van der Waals surface area (Å²) in [4.78, 5) is 0. The molecule has 0 spiro atoms. The van der Waals surface area contributed by atoms with Crippen LogP contribution in [0.15, 0.2) is 24.3 Å². The van der Waals surface area contributed by atoms with Crippen molar-refractivity contribution in [3.63, 3.8) is 0 Å². The van der Waals surface area contributed by atoms with Crippen molar-refractivity contribution < 1.29 is 4.74 Å². The van der Waals surface area contributed by atoms with Gasteiger partial charge in [0.1, 0.15) is 5.75 Å². The molecule has 0 radical (unpaired) electrons. The van der Waals surface area contributed by atoms with Crippen molar-refractivity contribution in [2.75, 3.05) is 25.2 Å². The van der Waals surface area contributed by atoms with Crippen molar-refractivity contribution in [2.24, 2.45) is 5.92 Å². The molecular weight excluding hydrogens is 230 g/mol. The van der Waals surface area contributed by atoms with Gasteiger partial charge in [-0.2, -0.15) is 11.8 Å². The highest BCUT2D eigenvalue weighted by Crippen LogP contribution is 2.24. The van der Waals surface area contributed by atoms with E-state index in [9.17, 15) is 0 Å². The summed E-state index contributed by atoms with van der Waals surface area (Å²) < 4.78 is 5.17. The van der Waals surface area contributed by atoms with E-state index in [1.807, 2.05) is 12.1 Å². The molecule has 2 nitrogen and oxygen atoms in total. The van der Waals surface area contributed by atoms with Crippen LogP contribution in [0.5, 0.6) is 5.75 Å². The average Bonchev–Trinajstić information content (AvgIpc) is 2.89. The summed E-state index contributed by atoms with van der Waals surface area (Å²) >= 11 is 2.08. The second-order valence-corrected chi connectivity index (χ2v) is 5.78. The number of hydrogen-bond acceptors (Lipinski definition) is 3. The number of hydrogen-bond donors (Lipinski definition) is 1. The lowest BCUT2D eigenvalue weighted by Gasteiger charge is -2.17. The molecule has 1 fully saturated rings. The standard InChI is InChI=1S/C14H21NOS/c1-11(15-9-12-7-8-17-10-12)13-3-5-14(16-2)6-4-13/h3-6,11-12,15H,7-10H2,1-2H3/t11-,12?/m0/s1. The van der Waals surface area contributed by atoms with E-state index in [2.05, 4.69) is 36.1 Å².